The number of aliphatic hydroxyl groups excluding tert-OH is 1. The van der Waals surface area contributed by atoms with E-state index in [0.717, 1.165) is 49.1 Å². The second kappa shape index (κ2) is 6.44. The van der Waals surface area contributed by atoms with Gasteiger partial charge in [0, 0.05) is 43.4 Å². The lowest BCUT2D eigenvalue weighted by molar-refractivity contribution is 0.121. The van der Waals surface area contributed by atoms with Crippen molar-refractivity contribution < 1.29 is 9.52 Å². The topological polar surface area (TPSA) is 48.6 Å². The Morgan fingerprint density at radius 3 is 2.94 bits per heavy atom. The van der Waals surface area contributed by atoms with Crippen LogP contribution in [0.1, 0.15) is 5.76 Å². The van der Waals surface area contributed by atoms with Crippen molar-refractivity contribution in [2.24, 2.45) is 0 Å². The molecule has 2 rings (SSSR count). The zero-order valence-corrected chi connectivity index (χ0v) is 11.0. The first-order valence-corrected chi connectivity index (χ1v) is 7.02. The van der Waals surface area contributed by atoms with Crippen LogP contribution in [0.3, 0.4) is 0 Å². The van der Waals surface area contributed by atoms with Crippen molar-refractivity contribution in [3.05, 3.63) is 18.1 Å². The van der Waals surface area contributed by atoms with Crippen LogP contribution >= 0.6 is 11.8 Å². The Labute approximate surface area is 106 Å². The van der Waals surface area contributed by atoms with E-state index in [2.05, 4.69) is 10.2 Å². The highest BCUT2D eigenvalue weighted by Gasteiger charge is 2.15. The fourth-order valence-electron chi connectivity index (χ4n) is 1.95. The van der Waals surface area contributed by atoms with Crippen LogP contribution in [-0.2, 0) is 0 Å². The van der Waals surface area contributed by atoms with Crippen molar-refractivity contribution in [3.8, 4) is 0 Å². The minimum atomic E-state index is -0.271. The molecule has 1 atom stereocenters. The molecule has 5 heteroatoms. The van der Waals surface area contributed by atoms with Gasteiger partial charge in [0.2, 0.25) is 0 Å². The first kappa shape index (κ1) is 13.0. The van der Waals surface area contributed by atoms with Gasteiger partial charge in [-0.05, 0) is 13.0 Å². The van der Waals surface area contributed by atoms with Crippen molar-refractivity contribution >= 4 is 11.8 Å². The molecule has 0 aliphatic carbocycles. The Bertz CT molecular complexity index is 337. The van der Waals surface area contributed by atoms with E-state index in [1.807, 2.05) is 13.0 Å². The predicted octanol–water partition coefficient (Wildman–Crippen LogP) is 0.946. The van der Waals surface area contributed by atoms with Crippen LogP contribution in [0.4, 0.5) is 0 Å². The number of hydrogen-bond donors (Lipinski definition) is 2. The molecule has 1 aromatic rings. The second-order valence-corrected chi connectivity index (χ2v) is 5.42. The van der Waals surface area contributed by atoms with Crippen LogP contribution in [0.5, 0.6) is 0 Å². The van der Waals surface area contributed by atoms with Gasteiger partial charge in [0.25, 0.3) is 0 Å². The first-order valence-electron chi connectivity index (χ1n) is 6.04. The number of nitrogens with zero attached hydrogens (tertiary/aromatic N) is 1. The van der Waals surface area contributed by atoms with E-state index in [0.29, 0.717) is 0 Å². The van der Waals surface area contributed by atoms with Gasteiger partial charge in [-0.2, -0.15) is 0 Å². The molecule has 1 aliphatic rings. The highest BCUT2D eigenvalue weighted by Crippen LogP contribution is 2.23. The molecule has 2 heterocycles. The molecule has 0 radical (unpaired) electrons. The minimum Gasteiger partial charge on any atom is -0.468 e. The molecule has 2 N–H and O–H groups in total. The summed E-state index contributed by atoms with van der Waals surface area (Å²) in [6.07, 6.45) is 1.42. The molecule has 0 saturated carbocycles. The number of aliphatic hydroxyl groups is 1. The summed E-state index contributed by atoms with van der Waals surface area (Å²) >= 11 is 1.66. The van der Waals surface area contributed by atoms with Crippen molar-refractivity contribution in [2.45, 2.75) is 17.9 Å². The zero-order valence-electron chi connectivity index (χ0n) is 10.2. The van der Waals surface area contributed by atoms with Crippen molar-refractivity contribution in [3.63, 3.8) is 0 Å². The summed E-state index contributed by atoms with van der Waals surface area (Å²) in [7, 11) is 0. The lowest BCUT2D eigenvalue weighted by atomic mass is 10.3. The van der Waals surface area contributed by atoms with Gasteiger partial charge in [-0.25, -0.2) is 0 Å². The van der Waals surface area contributed by atoms with Gasteiger partial charge >= 0.3 is 0 Å². The molecule has 1 saturated heterocycles. The Balaban J connectivity index is 1.70. The Morgan fingerprint density at radius 1 is 1.53 bits per heavy atom. The molecular formula is C12H20N2O2S. The van der Waals surface area contributed by atoms with E-state index in [-0.39, 0.29) is 6.10 Å². The molecule has 0 amide bonds. The maximum Gasteiger partial charge on any atom is 0.114 e. The molecule has 0 bridgehead atoms. The SMILES string of the molecule is Cc1occc1SCC(O)CN1CCNCC1. The normalized spacial score (nSPS) is 19.4. The summed E-state index contributed by atoms with van der Waals surface area (Å²) in [5.41, 5.74) is 0. The molecule has 1 fully saturated rings. The van der Waals surface area contributed by atoms with Crippen molar-refractivity contribution in [2.75, 3.05) is 38.5 Å². The summed E-state index contributed by atoms with van der Waals surface area (Å²) in [5.74, 6) is 1.66. The van der Waals surface area contributed by atoms with Gasteiger partial charge in [-0.15, -0.1) is 11.8 Å². The van der Waals surface area contributed by atoms with Gasteiger partial charge < -0.3 is 14.8 Å². The van der Waals surface area contributed by atoms with E-state index in [1.54, 1.807) is 18.0 Å². The van der Waals surface area contributed by atoms with Crippen molar-refractivity contribution in [1.29, 1.82) is 0 Å². The number of thioether (sulfide) groups is 1. The number of rotatable bonds is 5. The number of furan rings is 1. The number of hydrogen-bond acceptors (Lipinski definition) is 5. The molecule has 4 nitrogen and oxygen atoms in total. The van der Waals surface area contributed by atoms with Crippen LogP contribution in [0.2, 0.25) is 0 Å². The molecule has 96 valence electrons. The maximum atomic E-state index is 9.98. The number of nitrogens with one attached hydrogen (secondary N) is 1. The quantitative estimate of drug-likeness (QED) is 0.768. The van der Waals surface area contributed by atoms with E-state index in [1.165, 1.54) is 0 Å². The summed E-state index contributed by atoms with van der Waals surface area (Å²) < 4.78 is 5.23. The summed E-state index contributed by atoms with van der Waals surface area (Å²) in [6, 6.07) is 1.96. The Morgan fingerprint density at radius 2 is 2.29 bits per heavy atom. The van der Waals surface area contributed by atoms with Crippen LogP contribution in [0.15, 0.2) is 21.6 Å². The van der Waals surface area contributed by atoms with E-state index in [9.17, 15) is 5.11 Å². The molecule has 1 unspecified atom stereocenters. The fourth-order valence-corrected chi connectivity index (χ4v) is 2.83. The number of aryl methyl sites for hydroxylation is 1. The highest BCUT2D eigenvalue weighted by atomic mass is 32.2. The molecule has 17 heavy (non-hydrogen) atoms. The lowest BCUT2D eigenvalue weighted by Gasteiger charge is -2.28. The average molecular weight is 256 g/mol. The molecule has 1 aromatic heterocycles. The van der Waals surface area contributed by atoms with Gasteiger partial charge in [0.1, 0.15) is 5.76 Å². The molecule has 0 aromatic carbocycles. The smallest absolute Gasteiger partial charge is 0.114 e. The number of β-amino-alcohol motifs (C(OH)–C–C–N with tert-alkyl or cyclic N) is 1. The highest BCUT2D eigenvalue weighted by molar-refractivity contribution is 7.99. The third kappa shape index (κ3) is 4.03. The Hall–Kier alpha value is -0.490. The number of piperazine rings is 1. The lowest BCUT2D eigenvalue weighted by Crippen LogP contribution is -2.46. The van der Waals surface area contributed by atoms with Crippen molar-refractivity contribution in [1.82, 2.24) is 10.2 Å². The second-order valence-electron chi connectivity index (χ2n) is 4.36. The molecular weight excluding hydrogens is 236 g/mol. The summed E-state index contributed by atoms with van der Waals surface area (Å²) in [4.78, 5) is 3.44. The van der Waals surface area contributed by atoms with E-state index in [4.69, 9.17) is 4.42 Å². The van der Waals surface area contributed by atoms with Crippen LogP contribution < -0.4 is 5.32 Å². The third-order valence-electron chi connectivity index (χ3n) is 2.92. The van der Waals surface area contributed by atoms with E-state index < -0.39 is 0 Å². The third-order valence-corrected chi connectivity index (χ3v) is 4.21. The average Bonchev–Trinajstić information content (AvgIpc) is 2.74. The summed E-state index contributed by atoms with van der Waals surface area (Å²) in [5, 5.41) is 13.3. The zero-order chi connectivity index (χ0) is 12.1. The van der Waals surface area contributed by atoms with Gasteiger partial charge in [-0.3, -0.25) is 4.90 Å². The minimum absolute atomic E-state index is 0.271. The van der Waals surface area contributed by atoms with Crippen LogP contribution in [-0.4, -0.2) is 54.6 Å². The van der Waals surface area contributed by atoms with E-state index >= 15 is 0 Å². The monoisotopic (exact) mass is 256 g/mol. The molecule has 0 spiro atoms. The first-order chi connectivity index (χ1) is 8.25. The van der Waals surface area contributed by atoms with Gasteiger partial charge in [-0.1, -0.05) is 0 Å². The molecule has 1 aliphatic heterocycles. The Kier molecular flexibility index (Phi) is 4.91. The standard InChI is InChI=1S/C12H20N2O2S/c1-10-12(2-7-16-10)17-9-11(15)8-14-5-3-13-4-6-14/h2,7,11,13,15H,3-6,8-9H2,1H3. The largest absolute Gasteiger partial charge is 0.468 e. The van der Waals surface area contributed by atoms with Crippen LogP contribution in [0, 0.1) is 6.92 Å². The maximum absolute atomic E-state index is 9.98. The summed E-state index contributed by atoms with van der Waals surface area (Å²) in [6.45, 7) is 6.84. The predicted molar refractivity (Wildman–Crippen MR) is 69.5 cm³/mol. The fraction of sp³-hybridized carbons (Fsp3) is 0.667. The van der Waals surface area contributed by atoms with Gasteiger partial charge in [0.05, 0.1) is 12.4 Å². The van der Waals surface area contributed by atoms with Gasteiger partial charge in [0.15, 0.2) is 0 Å². The van der Waals surface area contributed by atoms with Crippen LogP contribution in [0.25, 0.3) is 0 Å².